The molecule has 15 heavy (non-hydrogen) atoms. The minimum atomic E-state index is -0.403. The molecule has 1 aliphatic rings. The molecule has 0 saturated heterocycles. The average molecular weight is 208 g/mol. The molecule has 0 heterocycles. The van der Waals surface area contributed by atoms with E-state index in [0.717, 1.165) is 12.8 Å². The van der Waals surface area contributed by atoms with E-state index in [2.05, 4.69) is 0 Å². The van der Waals surface area contributed by atoms with E-state index in [1.54, 1.807) is 0 Å². The lowest BCUT2D eigenvalue weighted by Crippen LogP contribution is -2.19. The third kappa shape index (κ3) is 2.35. The Hall–Kier alpha value is -1.38. The van der Waals surface area contributed by atoms with Crippen molar-refractivity contribution in [1.82, 2.24) is 0 Å². The summed E-state index contributed by atoms with van der Waals surface area (Å²) in [7, 11) is 0. The van der Waals surface area contributed by atoms with Crippen LogP contribution >= 0.6 is 0 Å². The molecule has 1 aromatic carbocycles. The predicted octanol–water partition coefficient (Wildman–Crippen LogP) is 2.82. The lowest BCUT2D eigenvalue weighted by Gasteiger charge is -2.25. The maximum atomic E-state index is 13.2. The fourth-order valence-electron chi connectivity index (χ4n) is 1.57. The van der Waals surface area contributed by atoms with Crippen LogP contribution in [0.25, 0.3) is 0 Å². The molecule has 2 rings (SSSR count). The van der Waals surface area contributed by atoms with Crippen LogP contribution in [0.15, 0.2) is 18.2 Å². The number of halogens is 1. The normalized spacial score (nSPS) is 15.8. The molecular weight excluding hydrogens is 195 g/mol. The molecule has 1 aliphatic carbocycles. The molecule has 0 unspecified atom stereocenters. The fourth-order valence-corrected chi connectivity index (χ4v) is 1.57. The predicted molar refractivity (Wildman–Crippen MR) is 54.6 cm³/mol. The van der Waals surface area contributed by atoms with Gasteiger partial charge in [-0.05, 0) is 37.0 Å². The smallest absolute Gasteiger partial charge is 0.165 e. The van der Waals surface area contributed by atoms with E-state index in [9.17, 15) is 9.18 Å². The average Bonchev–Trinajstić information content (AvgIpc) is 2.18. The second-order valence-corrected chi connectivity index (χ2v) is 3.92. The van der Waals surface area contributed by atoms with Crippen molar-refractivity contribution in [3.05, 3.63) is 29.6 Å². The fraction of sp³-hybridized carbons (Fsp3) is 0.417. The quantitative estimate of drug-likeness (QED) is 0.711. The van der Waals surface area contributed by atoms with Crippen molar-refractivity contribution < 1.29 is 13.9 Å². The lowest BCUT2D eigenvalue weighted by molar-refractivity contribution is 0.112. The van der Waals surface area contributed by atoms with Gasteiger partial charge >= 0.3 is 0 Å². The highest BCUT2D eigenvalue weighted by Crippen LogP contribution is 2.28. The van der Waals surface area contributed by atoms with Gasteiger partial charge in [0.25, 0.3) is 0 Å². The first-order valence-corrected chi connectivity index (χ1v) is 5.17. The second-order valence-electron chi connectivity index (χ2n) is 3.92. The van der Waals surface area contributed by atoms with Gasteiger partial charge < -0.3 is 4.74 Å². The first-order chi connectivity index (χ1) is 7.29. The van der Waals surface area contributed by atoms with Crippen molar-refractivity contribution in [3.63, 3.8) is 0 Å². The molecule has 80 valence electrons. The Labute approximate surface area is 88.1 Å². The summed E-state index contributed by atoms with van der Waals surface area (Å²) in [5, 5.41) is 0. The molecule has 0 amide bonds. The van der Waals surface area contributed by atoms with Gasteiger partial charge in [-0.15, -0.1) is 0 Å². The maximum absolute atomic E-state index is 13.2. The summed E-state index contributed by atoms with van der Waals surface area (Å²) in [6.45, 7) is 0.555. The van der Waals surface area contributed by atoms with Crippen molar-refractivity contribution >= 4 is 6.29 Å². The van der Waals surface area contributed by atoms with Gasteiger partial charge in [0.15, 0.2) is 11.6 Å². The third-order valence-electron chi connectivity index (χ3n) is 2.79. The Morgan fingerprint density at radius 2 is 2.27 bits per heavy atom. The number of benzene rings is 1. The van der Waals surface area contributed by atoms with Crippen molar-refractivity contribution in [3.8, 4) is 5.75 Å². The molecule has 1 aromatic rings. The molecule has 0 atom stereocenters. The van der Waals surface area contributed by atoms with Crippen molar-refractivity contribution in [1.29, 1.82) is 0 Å². The standard InChI is InChI=1S/C12H13FO2/c13-11-5-4-10(7-14)6-12(11)15-8-9-2-1-3-9/h4-7,9H,1-3,8H2. The molecule has 0 spiro atoms. The van der Waals surface area contributed by atoms with Crippen LogP contribution in [-0.4, -0.2) is 12.9 Å². The van der Waals surface area contributed by atoms with Crippen LogP contribution in [0.3, 0.4) is 0 Å². The highest BCUT2D eigenvalue weighted by Gasteiger charge is 2.18. The number of carbonyl (C=O) groups excluding carboxylic acids is 1. The number of hydrogen-bond donors (Lipinski definition) is 0. The van der Waals surface area contributed by atoms with Gasteiger partial charge in [0.1, 0.15) is 6.29 Å². The van der Waals surface area contributed by atoms with E-state index in [4.69, 9.17) is 4.74 Å². The Morgan fingerprint density at radius 1 is 1.47 bits per heavy atom. The minimum Gasteiger partial charge on any atom is -0.490 e. The number of rotatable bonds is 4. The summed E-state index contributed by atoms with van der Waals surface area (Å²) in [4.78, 5) is 10.5. The largest absolute Gasteiger partial charge is 0.490 e. The van der Waals surface area contributed by atoms with Crippen LogP contribution in [-0.2, 0) is 0 Å². The minimum absolute atomic E-state index is 0.187. The van der Waals surface area contributed by atoms with E-state index in [1.165, 1.54) is 24.6 Å². The molecule has 1 fully saturated rings. The highest BCUT2D eigenvalue weighted by molar-refractivity contribution is 5.75. The number of ether oxygens (including phenoxy) is 1. The van der Waals surface area contributed by atoms with Gasteiger partial charge in [-0.3, -0.25) is 4.79 Å². The molecule has 3 heteroatoms. The van der Waals surface area contributed by atoms with Gasteiger partial charge in [0, 0.05) is 5.56 Å². The van der Waals surface area contributed by atoms with E-state index >= 15 is 0 Å². The zero-order valence-electron chi connectivity index (χ0n) is 8.41. The van der Waals surface area contributed by atoms with Crippen molar-refractivity contribution in [2.75, 3.05) is 6.61 Å². The topological polar surface area (TPSA) is 26.3 Å². The molecule has 0 aromatic heterocycles. The van der Waals surface area contributed by atoms with Crippen LogP contribution in [0.5, 0.6) is 5.75 Å². The van der Waals surface area contributed by atoms with Crippen molar-refractivity contribution in [2.24, 2.45) is 5.92 Å². The first kappa shape index (κ1) is 10.1. The van der Waals surface area contributed by atoms with E-state index in [-0.39, 0.29) is 5.75 Å². The summed E-state index contributed by atoms with van der Waals surface area (Å²) >= 11 is 0. The summed E-state index contributed by atoms with van der Waals surface area (Å²) in [6.07, 6.45) is 4.25. The van der Waals surface area contributed by atoms with Crippen LogP contribution in [0.2, 0.25) is 0 Å². The molecule has 0 N–H and O–H groups in total. The van der Waals surface area contributed by atoms with E-state index in [1.807, 2.05) is 0 Å². The molecule has 1 saturated carbocycles. The Kier molecular flexibility index (Phi) is 2.99. The van der Waals surface area contributed by atoms with Gasteiger partial charge in [0.2, 0.25) is 0 Å². The highest BCUT2D eigenvalue weighted by atomic mass is 19.1. The zero-order valence-corrected chi connectivity index (χ0v) is 8.41. The Balaban J connectivity index is 2.01. The zero-order chi connectivity index (χ0) is 10.7. The summed E-state index contributed by atoms with van der Waals surface area (Å²) in [6, 6.07) is 4.15. The Morgan fingerprint density at radius 3 is 2.87 bits per heavy atom. The summed E-state index contributed by atoms with van der Waals surface area (Å²) < 4.78 is 18.6. The van der Waals surface area contributed by atoms with Gasteiger partial charge in [-0.1, -0.05) is 6.42 Å². The van der Waals surface area contributed by atoms with Crippen LogP contribution in [0.4, 0.5) is 4.39 Å². The van der Waals surface area contributed by atoms with Gasteiger partial charge in [0.05, 0.1) is 6.61 Å². The van der Waals surface area contributed by atoms with Gasteiger partial charge in [-0.2, -0.15) is 0 Å². The lowest BCUT2D eigenvalue weighted by atomic mass is 9.86. The summed E-state index contributed by atoms with van der Waals surface area (Å²) in [5.41, 5.74) is 0.444. The molecule has 0 aliphatic heterocycles. The third-order valence-corrected chi connectivity index (χ3v) is 2.79. The van der Waals surface area contributed by atoms with Crippen LogP contribution in [0, 0.1) is 11.7 Å². The maximum Gasteiger partial charge on any atom is 0.165 e. The Bertz CT molecular complexity index is 359. The second kappa shape index (κ2) is 4.43. The van der Waals surface area contributed by atoms with Crippen LogP contribution in [0.1, 0.15) is 29.6 Å². The molecular formula is C12H13FO2. The molecule has 2 nitrogen and oxygen atoms in total. The van der Waals surface area contributed by atoms with Crippen molar-refractivity contribution in [2.45, 2.75) is 19.3 Å². The molecule has 0 radical (unpaired) electrons. The van der Waals surface area contributed by atoms with E-state index in [0.29, 0.717) is 24.4 Å². The first-order valence-electron chi connectivity index (χ1n) is 5.17. The van der Waals surface area contributed by atoms with E-state index < -0.39 is 5.82 Å². The SMILES string of the molecule is O=Cc1ccc(F)c(OCC2CCC2)c1. The van der Waals surface area contributed by atoms with Gasteiger partial charge in [-0.25, -0.2) is 4.39 Å². The number of carbonyl (C=O) groups is 1. The molecule has 0 bridgehead atoms. The monoisotopic (exact) mass is 208 g/mol. The number of hydrogen-bond acceptors (Lipinski definition) is 2. The number of aldehydes is 1. The van der Waals surface area contributed by atoms with Crippen LogP contribution < -0.4 is 4.74 Å². The summed E-state index contributed by atoms with van der Waals surface area (Å²) in [5.74, 6) is 0.343.